The molecule has 0 bridgehead atoms. The van der Waals surface area contributed by atoms with Crippen LogP contribution in [0.15, 0.2) is 11.6 Å². The van der Waals surface area contributed by atoms with Crippen molar-refractivity contribution in [2.24, 2.45) is 28.6 Å². The summed E-state index contributed by atoms with van der Waals surface area (Å²) in [5, 5.41) is 13.4. The molecule has 8 atom stereocenters. The van der Waals surface area contributed by atoms with E-state index in [0.29, 0.717) is 23.9 Å². The van der Waals surface area contributed by atoms with E-state index in [1.54, 1.807) is 0 Å². The van der Waals surface area contributed by atoms with E-state index in [1.807, 2.05) is 0 Å². The zero-order valence-corrected chi connectivity index (χ0v) is 33.1. The van der Waals surface area contributed by atoms with Gasteiger partial charge in [0.05, 0.1) is 11.7 Å². The highest BCUT2D eigenvalue weighted by Gasteiger charge is 2.65. The van der Waals surface area contributed by atoms with E-state index >= 15 is 0 Å². The van der Waals surface area contributed by atoms with Gasteiger partial charge in [-0.1, -0.05) is 86.3 Å². The van der Waals surface area contributed by atoms with Gasteiger partial charge in [0.1, 0.15) is 0 Å². The maximum absolute atomic E-state index is 13.0. The molecule has 0 aromatic heterocycles. The molecule has 3 fully saturated rings. The van der Waals surface area contributed by atoms with Crippen LogP contribution >= 0.6 is 11.6 Å². The lowest BCUT2D eigenvalue weighted by molar-refractivity contribution is -0.146. The van der Waals surface area contributed by atoms with E-state index in [9.17, 15) is 5.11 Å². The van der Waals surface area contributed by atoms with Crippen LogP contribution in [0.4, 0.5) is 0 Å². The number of halogens is 1. The van der Waals surface area contributed by atoms with Crippen LogP contribution in [0.5, 0.6) is 0 Å². The molecule has 6 heteroatoms. The van der Waals surface area contributed by atoms with Gasteiger partial charge in [0, 0.05) is 12.0 Å². The van der Waals surface area contributed by atoms with Gasteiger partial charge in [0.25, 0.3) is 0 Å². The molecule has 0 amide bonds. The van der Waals surface area contributed by atoms with Crippen LogP contribution in [0.25, 0.3) is 0 Å². The summed E-state index contributed by atoms with van der Waals surface area (Å²) in [5.41, 5.74) is 1.09. The molecular formula is C37H69ClO3Si2. The molecular weight excluding hydrogens is 584 g/mol. The Morgan fingerprint density at radius 2 is 1.42 bits per heavy atom. The fourth-order valence-electron chi connectivity index (χ4n) is 9.27. The molecule has 0 spiro atoms. The van der Waals surface area contributed by atoms with E-state index in [0.717, 1.165) is 57.2 Å². The van der Waals surface area contributed by atoms with Gasteiger partial charge in [-0.05, 0) is 123 Å². The van der Waals surface area contributed by atoms with Crippen LogP contribution in [-0.2, 0) is 8.85 Å². The normalized spacial score (nSPS) is 38.7. The van der Waals surface area contributed by atoms with Crippen molar-refractivity contribution in [1.29, 1.82) is 0 Å². The summed E-state index contributed by atoms with van der Waals surface area (Å²) >= 11 is 6.01. The zero-order valence-electron chi connectivity index (χ0n) is 30.3. The molecule has 0 aromatic carbocycles. The predicted octanol–water partition coefficient (Wildman–Crippen LogP) is 11.3. The summed E-state index contributed by atoms with van der Waals surface area (Å²) in [6.07, 6.45) is 16.5. The third kappa shape index (κ3) is 6.84. The summed E-state index contributed by atoms with van der Waals surface area (Å²) < 4.78 is 14.3. The fraction of sp³-hybridized carbons (Fsp3) is 0.946. The van der Waals surface area contributed by atoms with Gasteiger partial charge >= 0.3 is 0 Å². The number of unbranched alkanes of at least 4 members (excludes halogenated alkanes) is 3. The average Bonchev–Trinajstić information content (AvgIpc) is 3.18. The molecule has 4 aliphatic carbocycles. The predicted molar refractivity (Wildman–Crippen MR) is 190 cm³/mol. The Hall–Kier alpha value is 0.344. The summed E-state index contributed by atoms with van der Waals surface area (Å²) in [7, 11) is -3.74. The number of hydrogen-bond acceptors (Lipinski definition) is 3. The lowest BCUT2D eigenvalue weighted by Crippen LogP contribution is -2.61. The Morgan fingerprint density at radius 3 is 2.02 bits per heavy atom. The Morgan fingerprint density at radius 1 is 0.814 bits per heavy atom. The molecule has 250 valence electrons. The van der Waals surface area contributed by atoms with Gasteiger partial charge in [0.2, 0.25) is 0 Å². The number of rotatable bonds is 10. The van der Waals surface area contributed by atoms with E-state index < -0.39 is 22.2 Å². The monoisotopic (exact) mass is 652 g/mol. The first kappa shape index (κ1) is 36.2. The molecule has 0 saturated heterocycles. The second kappa shape index (κ2) is 12.4. The lowest BCUT2D eigenvalue weighted by Gasteiger charge is -2.62. The van der Waals surface area contributed by atoms with Gasteiger partial charge < -0.3 is 14.0 Å². The van der Waals surface area contributed by atoms with E-state index in [2.05, 4.69) is 87.7 Å². The van der Waals surface area contributed by atoms with Crippen molar-refractivity contribution < 1.29 is 14.0 Å². The van der Waals surface area contributed by atoms with E-state index in [4.69, 9.17) is 20.5 Å². The van der Waals surface area contributed by atoms with Gasteiger partial charge in [-0.3, -0.25) is 0 Å². The summed E-state index contributed by atoms with van der Waals surface area (Å²) in [5.74, 6) is 2.12. The molecule has 0 unspecified atom stereocenters. The van der Waals surface area contributed by atoms with Crippen molar-refractivity contribution in [2.75, 3.05) is 5.88 Å². The zero-order chi connectivity index (χ0) is 32.3. The smallest absolute Gasteiger partial charge is 0.192 e. The van der Waals surface area contributed by atoms with Crippen molar-refractivity contribution in [2.45, 2.75) is 187 Å². The highest BCUT2D eigenvalue weighted by Crippen LogP contribution is 2.68. The summed E-state index contributed by atoms with van der Waals surface area (Å²) in [6, 6.07) is 0. The number of aliphatic hydroxyl groups is 1. The first-order chi connectivity index (χ1) is 19.6. The first-order valence-corrected chi connectivity index (χ1v) is 24.3. The van der Waals surface area contributed by atoms with Crippen molar-refractivity contribution in [3.05, 3.63) is 11.6 Å². The van der Waals surface area contributed by atoms with Crippen LogP contribution in [0.3, 0.4) is 0 Å². The molecule has 4 rings (SSSR count). The molecule has 3 saturated carbocycles. The minimum Gasteiger partial charge on any atom is -0.414 e. The maximum Gasteiger partial charge on any atom is 0.192 e. The van der Waals surface area contributed by atoms with Crippen LogP contribution in [0, 0.1) is 28.6 Å². The van der Waals surface area contributed by atoms with Crippen LogP contribution < -0.4 is 0 Å². The molecule has 0 aromatic rings. The van der Waals surface area contributed by atoms with Crippen molar-refractivity contribution in [1.82, 2.24) is 0 Å². The molecule has 4 aliphatic rings. The Balaban J connectivity index is 1.66. The van der Waals surface area contributed by atoms with Crippen LogP contribution in [0.1, 0.15) is 132 Å². The molecule has 43 heavy (non-hydrogen) atoms. The molecule has 0 aliphatic heterocycles. The Kier molecular flexibility index (Phi) is 10.5. The third-order valence-electron chi connectivity index (χ3n) is 14.1. The van der Waals surface area contributed by atoms with E-state index in [-0.39, 0.29) is 27.0 Å². The van der Waals surface area contributed by atoms with Gasteiger partial charge in [-0.2, -0.15) is 0 Å². The Labute approximate surface area is 273 Å². The third-order valence-corrected chi connectivity index (χ3v) is 23.4. The topological polar surface area (TPSA) is 38.7 Å². The fourth-order valence-corrected chi connectivity index (χ4v) is 12.3. The highest BCUT2D eigenvalue weighted by atomic mass is 35.5. The molecule has 1 N–H and O–H groups in total. The maximum atomic E-state index is 13.0. The number of fused-ring (bicyclic) bond motifs is 5. The van der Waals surface area contributed by atoms with E-state index in [1.165, 1.54) is 31.3 Å². The Bertz CT molecular complexity index is 1010. The standard InChI is InChI=1S/C37H69ClO3Si2/c1-33(2,3)42(9,10)40-28-19-22-35(7)27(25-28)26-37(39,21-15-13-14-16-24-38)32-29-17-18-31(36(29,8)23-20-30(32)35)41-43(11,12)34(4,5)6/h26,28-32,39H,13-25H2,1-12H3/t28-,29-,30-,31-,32-,35-,36-,37-/m0/s1. The van der Waals surface area contributed by atoms with Crippen molar-refractivity contribution in [3.63, 3.8) is 0 Å². The first-order valence-electron chi connectivity index (χ1n) is 18.0. The van der Waals surface area contributed by atoms with Crippen LogP contribution in [0.2, 0.25) is 36.3 Å². The van der Waals surface area contributed by atoms with Gasteiger partial charge in [-0.25, -0.2) is 0 Å². The van der Waals surface area contributed by atoms with Crippen molar-refractivity contribution >= 4 is 28.2 Å². The quantitative estimate of drug-likeness (QED) is 0.110. The molecule has 0 heterocycles. The minimum atomic E-state index is -1.89. The average molecular weight is 654 g/mol. The minimum absolute atomic E-state index is 0.146. The van der Waals surface area contributed by atoms with Gasteiger partial charge in [-0.15, -0.1) is 11.6 Å². The van der Waals surface area contributed by atoms with Gasteiger partial charge in [0.15, 0.2) is 16.6 Å². The SMILES string of the molecule is CC(C)(C)[Si](C)(C)O[C@H]1CC[C@@]2(C)C(=C[C@@](O)(CCCCCCCl)[C@H]3[C@@H]4CC[C@H](O[Si](C)(C)C(C)(C)C)[C@@]4(C)CC[C@@H]32)C1. The summed E-state index contributed by atoms with van der Waals surface area (Å²) in [6.45, 7) is 28.9. The lowest BCUT2D eigenvalue weighted by atomic mass is 9.44. The number of alkyl halides is 1. The highest BCUT2D eigenvalue weighted by molar-refractivity contribution is 6.74. The molecule has 3 nitrogen and oxygen atoms in total. The van der Waals surface area contributed by atoms with Crippen LogP contribution in [-0.4, -0.2) is 45.4 Å². The summed E-state index contributed by atoms with van der Waals surface area (Å²) in [4.78, 5) is 0. The largest absolute Gasteiger partial charge is 0.414 e. The number of hydrogen-bond donors (Lipinski definition) is 1. The molecule has 0 radical (unpaired) electrons. The van der Waals surface area contributed by atoms with Crippen molar-refractivity contribution in [3.8, 4) is 0 Å². The second-order valence-electron chi connectivity index (χ2n) is 18.9. The second-order valence-corrected chi connectivity index (χ2v) is 28.8.